The van der Waals surface area contributed by atoms with Crippen LogP contribution < -0.4 is 16.2 Å². The second kappa shape index (κ2) is 7.39. The van der Waals surface area contributed by atoms with Crippen LogP contribution in [0.2, 0.25) is 0 Å². The molecule has 2 N–H and O–H groups in total. The minimum Gasteiger partial charge on any atom is -0.324 e. The molecular formula is C22H20F2N6O. The number of fused-ring (bicyclic) bond motifs is 2. The topological polar surface area (TPSA) is 95.6 Å². The van der Waals surface area contributed by atoms with Crippen molar-refractivity contribution in [2.75, 3.05) is 11.9 Å². The van der Waals surface area contributed by atoms with E-state index < -0.39 is 17.5 Å². The summed E-state index contributed by atoms with van der Waals surface area (Å²) in [5.74, 6) is -2.82. The van der Waals surface area contributed by atoms with Crippen LogP contribution in [-0.2, 0) is 13.0 Å². The number of pyridine rings is 1. The van der Waals surface area contributed by atoms with Crippen molar-refractivity contribution in [3.63, 3.8) is 0 Å². The van der Waals surface area contributed by atoms with Gasteiger partial charge in [0, 0.05) is 30.2 Å². The zero-order chi connectivity index (χ0) is 21.6. The van der Waals surface area contributed by atoms with Gasteiger partial charge in [0.05, 0.1) is 0 Å². The van der Waals surface area contributed by atoms with Crippen LogP contribution in [0.3, 0.4) is 0 Å². The summed E-state index contributed by atoms with van der Waals surface area (Å²) in [5, 5.41) is 16.1. The van der Waals surface area contributed by atoms with Crippen LogP contribution in [0.15, 0.2) is 35.3 Å². The van der Waals surface area contributed by atoms with E-state index in [4.69, 9.17) is 0 Å². The molecule has 0 radical (unpaired) electrons. The number of nitrogens with zero attached hydrogens (tertiary/aromatic N) is 4. The fourth-order valence-electron chi connectivity index (χ4n) is 4.46. The van der Waals surface area contributed by atoms with Gasteiger partial charge in [-0.1, -0.05) is 6.07 Å². The number of nitrogens with one attached hydrogen (secondary N) is 2. The Morgan fingerprint density at radius 2 is 2.16 bits per heavy atom. The zero-order valence-corrected chi connectivity index (χ0v) is 16.7. The van der Waals surface area contributed by atoms with Crippen LogP contribution >= 0.6 is 0 Å². The first-order chi connectivity index (χ1) is 15.0. The van der Waals surface area contributed by atoms with Crippen molar-refractivity contribution in [3.05, 3.63) is 57.5 Å². The number of anilines is 2. The molecule has 1 atom stereocenters. The summed E-state index contributed by atoms with van der Waals surface area (Å²) in [7, 11) is 0. The molecule has 7 nitrogen and oxygen atoms in total. The van der Waals surface area contributed by atoms with Crippen molar-refractivity contribution >= 4 is 22.7 Å². The van der Waals surface area contributed by atoms with Gasteiger partial charge in [-0.15, -0.1) is 0 Å². The number of hydrogen-bond donors (Lipinski definition) is 2. The predicted octanol–water partition coefficient (Wildman–Crippen LogP) is 3.41. The molecule has 2 aromatic heterocycles. The lowest BCUT2D eigenvalue weighted by molar-refractivity contribution is -0.0304. The maximum Gasteiger partial charge on any atom is 0.270 e. The molecule has 1 unspecified atom stereocenters. The van der Waals surface area contributed by atoms with Gasteiger partial charge in [0.15, 0.2) is 0 Å². The first-order valence-corrected chi connectivity index (χ1v) is 10.3. The van der Waals surface area contributed by atoms with E-state index in [1.54, 1.807) is 0 Å². The Kier molecular flexibility index (Phi) is 4.67. The number of hydrogen-bond acceptors (Lipinski definition) is 6. The molecule has 31 heavy (non-hydrogen) atoms. The molecule has 9 heteroatoms. The molecule has 1 saturated carbocycles. The summed E-state index contributed by atoms with van der Waals surface area (Å²) >= 11 is 0. The minimum atomic E-state index is -3.03. The maximum atomic E-state index is 14.5. The lowest BCUT2D eigenvalue weighted by Gasteiger charge is -2.23. The van der Waals surface area contributed by atoms with Crippen LogP contribution in [0.5, 0.6) is 0 Å². The molecule has 0 spiro atoms. The second-order valence-electron chi connectivity index (χ2n) is 8.02. The quantitative estimate of drug-likeness (QED) is 0.672. The molecule has 2 aliphatic rings. The number of nitriles is 1. The Balaban J connectivity index is 1.60. The van der Waals surface area contributed by atoms with Gasteiger partial charge in [0.2, 0.25) is 5.95 Å². The maximum absolute atomic E-state index is 14.5. The molecule has 3 heterocycles. The summed E-state index contributed by atoms with van der Waals surface area (Å²) < 4.78 is 30.1. The Labute approximate surface area is 176 Å². The van der Waals surface area contributed by atoms with Gasteiger partial charge in [0.1, 0.15) is 23.3 Å². The fourth-order valence-corrected chi connectivity index (χ4v) is 4.46. The van der Waals surface area contributed by atoms with Crippen LogP contribution in [-0.4, -0.2) is 27.0 Å². The highest BCUT2D eigenvalue weighted by Gasteiger charge is 2.46. The van der Waals surface area contributed by atoms with Gasteiger partial charge in [-0.05, 0) is 55.1 Å². The van der Waals surface area contributed by atoms with Crippen molar-refractivity contribution in [2.45, 2.75) is 44.2 Å². The first kappa shape index (κ1) is 19.6. The van der Waals surface area contributed by atoms with E-state index in [2.05, 4.69) is 20.6 Å². The summed E-state index contributed by atoms with van der Waals surface area (Å²) in [6.45, 7) is 1.73. The lowest BCUT2D eigenvalue weighted by atomic mass is 10.0. The zero-order valence-electron chi connectivity index (χ0n) is 16.7. The molecule has 1 aromatic carbocycles. The smallest absolute Gasteiger partial charge is 0.270 e. The van der Waals surface area contributed by atoms with Crippen molar-refractivity contribution in [3.8, 4) is 6.07 Å². The third kappa shape index (κ3) is 3.43. The summed E-state index contributed by atoms with van der Waals surface area (Å²) in [5.41, 5.74) is 2.42. The number of benzene rings is 1. The molecule has 5 rings (SSSR count). The highest BCUT2D eigenvalue weighted by Crippen LogP contribution is 2.43. The average Bonchev–Trinajstić information content (AvgIpc) is 3.12. The minimum absolute atomic E-state index is 0.107. The van der Waals surface area contributed by atoms with Gasteiger partial charge in [-0.25, -0.2) is 13.8 Å². The van der Waals surface area contributed by atoms with Crippen LogP contribution in [0.4, 0.5) is 20.4 Å². The first-order valence-electron chi connectivity index (χ1n) is 10.3. The van der Waals surface area contributed by atoms with Crippen molar-refractivity contribution in [1.29, 1.82) is 5.26 Å². The van der Waals surface area contributed by atoms with E-state index in [1.165, 1.54) is 23.4 Å². The van der Waals surface area contributed by atoms with Crippen LogP contribution in [0.25, 0.3) is 11.0 Å². The van der Waals surface area contributed by atoms with Crippen molar-refractivity contribution in [1.82, 2.24) is 19.9 Å². The Hall–Kier alpha value is -3.38. The molecule has 0 saturated heterocycles. The molecular weight excluding hydrogens is 402 g/mol. The van der Waals surface area contributed by atoms with E-state index in [-0.39, 0.29) is 30.0 Å². The van der Waals surface area contributed by atoms with E-state index >= 15 is 0 Å². The van der Waals surface area contributed by atoms with Gasteiger partial charge in [-0.2, -0.15) is 10.2 Å². The van der Waals surface area contributed by atoms with Crippen LogP contribution in [0, 0.1) is 11.3 Å². The Morgan fingerprint density at radius 3 is 2.94 bits per heavy atom. The van der Waals surface area contributed by atoms with E-state index in [1.807, 2.05) is 24.3 Å². The average molecular weight is 422 g/mol. The van der Waals surface area contributed by atoms with E-state index in [9.17, 15) is 18.8 Å². The molecule has 1 aliphatic carbocycles. The van der Waals surface area contributed by atoms with Gasteiger partial charge < -0.3 is 10.6 Å². The molecule has 3 aromatic rings. The number of alkyl halides is 2. The summed E-state index contributed by atoms with van der Waals surface area (Å²) in [6, 6.07) is 7.81. The largest absolute Gasteiger partial charge is 0.324 e. The lowest BCUT2D eigenvalue weighted by Crippen LogP contribution is -2.35. The van der Waals surface area contributed by atoms with E-state index in [0.717, 1.165) is 29.8 Å². The normalized spacial score (nSPS) is 19.7. The van der Waals surface area contributed by atoms with Gasteiger partial charge >= 0.3 is 0 Å². The fraction of sp³-hybridized carbons (Fsp3) is 0.364. The Morgan fingerprint density at radius 1 is 1.29 bits per heavy atom. The number of halogens is 2. The molecule has 1 fully saturated rings. The summed E-state index contributed by atoms with van der Waals surface area (Å²) in [4.78, 5) is 21.5. The molecule has 158 valence electrons. The summed E-state index contributed by atoms with van der Waals surface area (Å²) in [6.07, 6.45) is 2.54. The third-order valence-electron chi connectivity index (χ3n) is 6.03. The van der Waals surface area contributed by atoms with Gasteiger partial charge in [0.25, 0.3) is 11.5 Å². The molecule has 0 amide bonds. The number of rotatable bonds is 3. The standard InChI is InChI=1S/C22H20F2N6O/c23-22(24)6-1-2-18(22)30-19-16(8-15(10-25)20(30)31)12-27-21(29-19)28-17-4-3-14-11-26-7-5-13(14)9-17/h3-4,8-9,12,18,26H,1-2,5-7,11H2,(H,27,28,29). The second-order valence-corrected chi connectivity index (χ2v) is 8.02. The van der Waals surface area contributed by atoms with Crippen molar-refractivity contribution in [2.24, 2.45) is 0 Å². The SMILES string of the molecule is N#Cc1cc2cnc(Nc3ccc4c(c3)CCNC4)nc2n(C2CCCC2(F)F)c1=O. The van der Waals surface area contributed by atoms with Crippen LogP contribution in [0.1, 0.15) is 42.0 Å². The van der Waals surface area contributed by atoms with Gasteiger partial charge in [-0.3, -0.25) is 9.36 Å². The monoisotopic (exact) mass is 422 g/mol. The molecule has 1 aliphatic heterocycles. The predicted molar refractivity (Wildman–Crippen MR) is 111 cm³/mol. The van der Waals surface area contributed by atoms with Crippen molar-refractivity contribution < 1.29 is 8.78 Å². The molecule has 0 bridgehead atoms. The third-order valence-corrected chi connectivity index (χ3v) is 6.03. The van der Waals surface area contributed by atoms with E-state index in [0.29, 0.717) is 11.8 Å². The highest BCUT2D eigenvalue weighted by atomic mass is 19.3. The highest BCUT2D eigenvalue weighted by molar-refractivity contribution is 5.77. The Bertz CT molecular complexity index is 1280. The number of aromatic nitrogens is 3.